The van der Waals surface area contributed by atoms with E-state index in [1.807, 2.05) is 0 Å². The van der Waals surface area contributed by atoms with E-state index in [4.69, 9.17) is 5.11 Å². The SMILES string of the molecule is C[C@H](CO)NC(=O)CSC1CCNCC1. The monoisotopic (exact) mass is 232 g/mol. The van der Waals surface area contributed by atoms with Crippen LogP contribution in [0.3, 0.4) is 0 Å². The Bertz CT molecular complexity index is 196. The molecule has 0 aromatic carbocycles. The molecule has 0 aliphatic carbocycles. The van der Waals surface area contributed by atoms with Gasteiger partial charge >= 0.3 is 0 Å². The summed E-state index contributed by atoms with van der Waals surface area (Å²) in [6, 6.07) is -0.133. The van der Waals surface area contributed by atoms with Crippen LogP contribution in [-0.4, -0.2) is 47.8 Å². The molecular formula is C10H20N2O2S. The zero-order valence-corrected chi connectivity index (χ0v) is 9.98. The van der Waals surface area contributed by atoms with Crippen molar-refractivity contribution in [1.82, 2.24) is 10.6 Å². The van der Waals surface area contributed by atoms with Gasteiger partial charge in [-0.25, -0.2) is 0 Å². The minimum atomic E-state index is -0.133. The van der Waals surface area contributed by atoms with E-state index in [0.29, 0.717) is 11.0 Å². The fraction of sp³-hybridized carbons (Fsp3) is 0.900. The Labute approximate surface area is 95.2 Å². The Balaban J connectivity index is 2.10. The van der Waals surface area contributed by atoms with Crippen molar-refractivity contribution in [2.75, 3.05) is 25.4 Å². The fourth-order valence-corrected chi connectivity index (χ4v) is 2.56. The minimum Gasteiger partial charge on any atom is -0.394 e. The molecule has 5 heteroatoms. The summed E-state index contributed by atoms with van der Waals surface area (Å²) in [7, 11) is 0. The smallest absolute Gasteiger partial charge is 0.230 e. The summed E-state index contributed by atoms with van der Waals surface area (Å²) < 4.78 is 0. The molecule has 3 N–H and O–H groups in total. The van der Waals surface area contributed by atoms with E-state index in [0.717, 1.165) is 25.9 Å². The van der Waals surface area contributed by atoms with Gasteiger partial charge in [-0.3, -0.25) is 4.79 Å². The van der Waals surface area contributed by atoms with E-state index in [1.54, 1.807) is 18.7 Å². The number of amides is 1. The van der Waals surface area contributed by atoms with Gasteiger partial charge in [-0.05, 0) is 32.9 Å². The number of rotatable bonds is 5. The lowest BCUT2D eigenvalue weighted by atomic mass is 10.2. The van der Waals surface area contributed by atoms with Crippen LogP contribution in [0.4, 0.5) is 0 Å². The maximum absolute atomic E-state index is 11.4. The van der Waals surface area contributed by atoms with Crippen LogP contribution in [0.25, 0.3) is 0 Å². The van der Waals surface area contributed by atoms with Crippen LogP contribution in [0.2, 0.25) is 0 Å². The zero-order chi connectivity index (χ0) is 11.1. The third-order valence-electron chi connectivity index (χ3n) is 2.42. The summed E-state index contributed by atoms with van der Waals surface area (Å²) >= 11 is 1.72. The highest BCUT2D eigenvalue weighted by Crippen LogP contribution is 2.19. The molecule has 1 fully saturated rings. The number of piperidine rings is 1. The molecule has 1 rings (SSSR count). The van der Waals surface area contributed by atoms with Gasteiger partial charge in [-0.15, -0.1) is 11.8 Å². The van der Waals surface area contributed by atoms with Crippen molar-refractivity contribution in [3.8, 4) is 0 Å². The first-order chi connectivity index (χ1) is 7.22. The standard InChI is InChI=1S/C10H20N2O2S/c1-8(6-13)12-10(14)7-15-9-2-4-11-5-3-9/h8-9,11,13H,2-7H2,1H3,(H,12,14)/t8-/m1/s1. The number of hydrogen-bond donors (Lipinski definition) is 3. The highest BCUT2D eigenvalue weighted by molar-refractivity contribution is 8.00. The van der Waals surface area contributed by atoms with E-state index in [2.05, 4.69) is 10.6 Å². The molecule has 0 spiro atoms. The molecule has 0 bridgehead atoms. The topological polar surface area (TPSA) is 61.4 Å². The second kappa shape index (κ2) is 7.09. The summed E-state index contributed by atoms with van der Waals surface area (Å²) in [5.41, 5.74) is 0. The van der Waals surface area contributed by atoms with Crippen LogP contribution < -0.4 is 10.6 Å². The molecule has 1 amide bonds. The molecule has 1 aliphatic rings. The third kappa shape index (κ3) is 5.39. The van der Waals surface area contributed by atoms with E-state index in [-0.39, 0.29) is 18.6 Å². The van der Waals surface area contributed by atoms with Gasteiger partial charge in [0.15, 0.2) is 0 Å². The Morgan fingerprint density at radius 1 is 1.60 bits per heavy atom. The Morgan fingerprint density at radius 2 is 2.27 bits per heavy atom. The van der Waals surface area contributed by atoms with Gasteiger partial charge in [0.05, 0.1) is 12.4 Å². The van der Waals surface area contributed by atoms with Gasteiger partial charge in [-0.1, -0.05) is 0 Å². The first-order valence-corrected chi connectivity index (χ1v) is 6.49. The zero-order valence-electron chi connectivity index (χ0n) is 9.16. The molecule has 0 saturated carbocycles. The Kier molecular flexibility index (Phi) is 6.05. The fourth-order valence-electron chi connectivity index (χ4n) is 1.52. The van der Waals surface area contributed by atoms with Gasteiger partial charge in [-0.2, -0.15) is 0 Å². The van der Waals surface area contributed by atoms with Crippen LogP contribution >= 0.6 is 11.8 Å². The van der Waals surface area contributed by atoms with E-state index < -0.39 is 0 Å². The van der Waals surface area contributed by atoms with Crippen molar-refractivity contribution < 1.29 is 9.90 Å². The molecule has 0 aromatic rings. The summed E-state index contributed by atoms with van der Waals surface area (Å²) in [6.07, 6.45) is 2.29. The average Bonchev–Trinajstić information content (AvgIpc) is 2.27. The van der Waals surface area contributed by atoms with Crippen LogP contribution in [0.5, 0.6) is 0 Å². The highest BCUT2D eigenvalue weighted by Gasteiger charge is 2.15. The normalized spacial score (nSPS) is 19.9. The molecule has 0 aromatic heterocycles. The lowest BCUT2D eigenvalue weighted by Crippen LogP contribution is -2.37. The van der Waals surface area contributed by atoms with Crippen LogP contribution in [-0.2, 0) is 4.79 Å². The number of aliphatic hydroxyl groups is 1. The first-order valence-electron chi connectivity index (χ1n) is 5.45. The molecule has 1 heterocycles. The van der Waals surface area contributed by atoms with Gasteiger partial charge < -0.3 is 15.7 Å². The molecule has 1 aliphatic heterocycles. The second-order valence-corrected chi connectivity index (χ2v) is 5.20. The quantitative estimate of drug-likeness (QED) is 0.623. The first kappa shape index (κ1) is 12.8. The number of carbonyl (C=O) groups is 1. The van der Waals surface area contributed by atoms with Crippen LogP contribution in [0.15, 0.2) is 0 Å². The number of nitrogens with one attached hydrogen (secondary N) is 2. The largest absolute Gasteiger partial charge is 0.394 e. The number of hydrogen-bond acceptors (Lipinski definition) is 4. The van der Waals surface area contributed by atoms with E-state index in [1.165, 1.54) is 0 Å². The maximum Gasteiger partial charge on any atom is 0.230 e. The minimum absolute atomic E-state index is 0.00373. The van der Waals surface area contributed by atoms with Gasteiger partial charge in [0.2, 0.25) is 5.91 Å². The van der Waals surface area contributed by atoms with E-state index in [9.17, 15) is 4.79 Å². The summed E-state index contributed by atoms with van der Waals surface area (Å²) in [5, 5.41) is 15.4. The Hall–Kier alpha value is -0.260. The van der Waals surface area contributed by atoms with Gasteiger partial charge in [0.25, 0.3) is 0 Å². The molecule has 4 nitrogen and oxygen atoms in total. The molecular weight excluding hydrogens is 212 g/mol. The highest BCUT2D eigenvalue weighted by atomic mass is 32.2. The summed E-state index contributed by atoms with van der Waals surface area (Å²) in [5.74, 6) is 0.537. The molecule has 1 saturated heterocycles. The summed E-state index contributed by atoms with van der Waals surface area (Å²) in [6.45, 7) is 3.93. The predicted octanol–water partition coefficient (Wildman–Crippen LogP) is -0.0314. The Morgan fingerprint density at radius 3 is 2.87 bits per heavy atom. The van der Waals surface area contributed by atoms with Gasteiger partial charge in [0.1, 0.15) is 0 Å². The van der Waals surface area contributed by atoms with Crippen molar-refractivity contribution in [1.29, 1.82) is 0 Å². The molecule has 0 unspecified atom stereocenters. The molecule has 88 valence electrons. The van der Waals surface area contributed by atoms with Crippen molar-refractivity contribution in [3.63, 3.8) is 0 Å². The van der Waals surface area contributed by atoms with E-state index >= 15 is 0 Å². The lowest BCUT2D eigenvalue weighted by Gasteiger charge is -2.22. The number of carbonyl (C=O) groups excluding carboxylic acids is 1. The van der Waals surface area contributed by atoms with Crippen molar-refractivity contribution >= 4 is 17.7 Å². The summed E-state index contributed by atoms with van der Waals surface area (Å²) in [4.78, 5) is 11.4. The molecule has 15 heavy (non-hydrogen) atoms. The van der Waals surface area contributed by atoms with Crippen molar-refractivity contribution in [2.45, 2.75) is 31.1 Å². The molecule has 1 atom stereocenters. The predicted molar refractivity (Wildman–Crippen MR) is 63.0 cm³/mol. The number of thioether (sulfide) groups is 1. The molecule has 0 radical (unpaired) electrons. The van der Waals surface area contributed by atoms with Crippen molar-refractivity contribution in [3.05, 3.63) is 0 Å². The van der Waals surface area contributed by atoms with Gasteiger partial charge in [0, 0.05) is 11.3 Å². The second-order valence-electron chi connectivity index (χ2n) is 3.91. The van der Waals surface area contributed by atoms with Crippen LogP contribution in [0, 0.1) is 0 Å². The van der Waals surface area contributed by atoms with Crippen LogP contribution in [0.1, 0.15) is 19.8 Å². The number of aliphatic hydroxyl groups excluding tert-OH is 1. The van der Waals surface area contributed by atoms with Crippen molar-refractivity contribution in [2.24, 2.45) is 0 Å². The maximum atomic E-state index is 11.4. The third-order valence-corrected chi connectivity index (χ3v) is 3.79. The lowest BCUT2D eigenvalue weighted by molar-refractivity contribution is -0.119. The average molecular weight is 232 g/mol.